The van der Waals surface area contributed by atoms with Crippen molar-refractivity contribution in [2.75, 3.05) is 26.2 Å². The number of nitrogens with zero attached hydrogens (tertiary/aromatic N) is 1. The van der Waals surface area contributed by atoms with E-state index >= 15 is 0 Å². The van der Waals surface area contributed by atoms with Gasteiger partial charge in [-0.05, 0) is 42.9 Å². The number of aromatic nitrogens is 1. The van der Waals surface area contributed by atoms with Gasteiger partial charge in [-0.1, -0.05) is 6.07 Å². The van der Waals surface area contributed by atoms with Gasteiger partial charge in [0.25, 0.3) is 5.91 Å². The van der Waals surface area contributed by atoms with Crippen molar-refractivity contribution in [3.05, 3.63) is 52.0 Å². The first kappa shape index (κ1) is 26.5. The highest BCUT2D eigenvalue weighted by Crippen LogP contribution is 2.44. The minimum Gasteiger partial charge on any atom is -0.396 e. The highest BCUT2D eigenvalue weighted by atomic mass is 32.1. The Hall–Kier alpha value is -2.54. The van der Waals surface area contributed by atoms with Crippen molar-refractivity contribution in [2.24, 2.45) is 17.8 Å². The number of carbonyl (C=O) groups excluding carboxylic acids is 2. The summed E-state index contributed by atoms with van der Waals surface area (Å²) < 4.78 is 38.7. The molecule has 0 spiro atoms. The van der Waals surface area contributed by atoms with Gasteiger partial charge in [0.05, 0.1) is 23.2 Å². The molecule has 0 bridgehead atoms. The third-order valence-electron chi connectivity index (χ3n) is 7.14. The first-order valence-corrected chi connectivity index (χ1v) is 12.7. The monoisotopic (exact) mass is 526 g/mol. The largest absolute Gasteiger partial charge is 0.416 e. The molecule has 1 aliphatic carbocycles. The summed E-state index contributed by atoms with van der Waals surface area (Å²) in [5.41, 5.74) is -1.11. The molecule has 5 N–H and O–H groups in total. The molecule has 1 saturated carbocycles. The molecule has 2 heterocycles. The van der Waals surface area contributed by atoms with E-state index in [2.05, 4.69) is 20.9 Å². The summed E-state index contributed by atoms with van der Waals surface area (Å²) >= 11 is 1.47. The zero-order chi connectivity index (χ0) is 25.9. The van der Waals surface area contributed by atoms with Gasteiger partial charge in [-0.25, -0.2) is 4.98 Å². The molecule has 4 rings (SSSR count). The van der Waals surface area contributed by atoms with Crippen LogP contribution >= 0.6 is 11.3 Å². The molecular formula is C24H29F3N4O4S. The van der Waals surface area contributed by atoms with E-state index in [4.69, 9.17) is 0 Å². The van der Waals surface area contributed by atoms with Gasteiger partial charge in [-0.3, -0.25) is 9.59 Å². The third-order valence-corrected chi connectivity index (χ3v) is 8.04. The maximum Gasteiger partial charge on any atom is 0.416 e. The molecule has 2 amide bonds. The molecule has 2 aliphatic rings. The van der Waals surface area contributed by atoms with E-state index in [0.29, 0.717) is 25.9 Å². The fourth-order valence-corrected chi connectivity index (χ4v) is 6.12. The topological polar surface area (TPSA) is 124 Å². The Bertz CT molecular complexity index is 1050. The Balaban J connectivity index is 1.35. The number of amides is 2. The molecule has 1 aromatic heterocycles. The van der Waals surface area contributed by atoms with E-state index in [9.17, 15) is 33.0 Å². The Labute approximate surface area is 210 Å². The van der Waals surface area contributed by atoms with Crippen molar-refractivity contribution in [2.45, 2.75) is 37.1 Å². The molecule has 36 heavy (non-hydrogen) atoms. The van der Waals surface area contributed by atoms with Crippen LogP contribution in [0.5, 0.6) is 0 Å². The van der Waals surface area contributed by atoms with Crippen molar-refractivity contribution >= 4 is 23.2 Å². The van der Waals surface area contributed by atoms with Gasteiger partial charge in [0, 0.05) is 54.7 Å². The van der Waals surface area contributed by atoms with Crippen LogP contribution in [-0.2, 0) is 11.0 Å². The molecule has 196 valence electrons. The van der Waals surface area contributed by atoms with Crippen molar-refractivity contribution in [1.82, 2.24) is 20.9 Å². The van der Waals surface area contributed by atoms with E-state index in [-0.39, 0.29) is 48.4 Å². The maximum absolute atomic E-state index is 12.9. The number of hydrogen-bond acceptors (Lipinski definition) is 7. The molecule has 1 aromatic carbocycles. The Morgan fingerprint density at radius 3 is 2.72 bits per heavy atom. The molecule has 5 unspecified atom stereocenters. The van der Waals surface area contributed by atoms with E-state index in [0.717, 1.165) is 23.2 Å². The van der Waals surface area contributed by atoms with E-state index in [1.165, 1.54) is 17.4 Å². The second-order valence-electron chi connectivity index (χ2n) is 9.40. The van der Waals surface area contributed by atoms with Gasteiger partial charge in [-0.2, -0.15) is 13.2 Å². The lowest BCUT2D eigenvalue weighted by molar-refractivity contribution is -0.137. The fraction of sp³-hybridized carbons (Fsp3) is 0.542. The number of aliphatic hydroxyl groups excluding tert-OH is 2. The molecule has 8 nitrogen and oxygen atoms in total. The predicted molar refractivity (Wildman–Crippen MR) is 126 cm³/mol. The minimum absolute atomic E-state index is 0.0529. The smallest absolute Gasteiger partial charge is 0.396 e. The van der Waals surface area contributed by atoms with Crippen LogP contribution in [0.4, 0.5) is 13.2 Å². The summed E-state index contributed by atoms with van der Waals surface area (Å²) in [5.74, 6) is -1.52. The summed E-state index contributed by atoms with van der Waals surface area (Å²) in [5, 5.41) is 31.9. The minimum atomic E-state index is -4.57. The number of benzene rings is 1. The van der Waals surface area contributed by atoms with E-state index in [1.807, 2.05) is 5.38 Å². The number of halogens is 3. The Morgan fingerprint density at radius 2 is 2.03 bits per heavy atom. The van der Waals surface area contributed by atoms with Crippen molar-refractivity contribution < 1.29 is 33.0 Å². The molecule has 1 saturated heterocycles. The predicted octanol–water partition coefficient (Wildman–Crippen LogP) is 1.76. The van der Waals surface area contributed by atoms with Crippen LogP contribution in [0, 0.1) is 17.8 Å². The highest BCUT2D eigenvalue weighted by Gasteiger charge is 2.44. The van der Waals surface area contributed by atoms with Gasteiger partial charge >= 0.3 is 6.18 Å². The standard InChI is InChI=1S/C24H29F3N4O4S/c25-24(26,27)16-3-1-2-13(7-16)22(35)30-11-20(33)31-19-10-28-9-18(19)14-6-15(12-32)21(34)17(8-14)23-29-4-5-36-23/h1-5,7,14-15,17-19,21,28,32,34H,6,8-12H2,(H,30,35)(H,31,33)/t14?,15?,17?,18?,19-,21?/m0/s1. The average Bonchev–Trinajstić information content (AvgIpc) is 3.55. The van der Waals surface area contributed by atoms with Crippen LogP contribution in [0.3, 0.4) is 0 Å². The Morgan fingerprint density at radius 1 is 1.22 bits per heavy atom. The number of aliphatic hydroxyl groups is 2. The fourth-order valence-electron chi connectivity index (χ4n) is 5.32. The van der Waals surface area contributed by atoms with Crippen LogP contribution in [0.15, 0.2) is 35.8 Å². The molecule has 1 aliphatic heterocycles. The number of rotatable bonds is 7. The van der Waals surface area contributed by atoms with Crippen molar-refractivity contribution in [1.29, 1.82) is 0 Å². The second kappa shape index (κ2) is 11.2. The van der Waals surface area contributed by atoms with E-state index in [1.54, 1.807) is 6.20 Å². The zero-order valence-corrected chi connectivity index (χ0v) is 20.2. The molecule has 2 aromatic rings. The first-order valence-electron chi connectivity index (χ1n) is 11.8. The third kappa shape index (κ3) is 6.05. The summed E-state index contributed by atoms with van der Waals surface area (Å²) in [6.07, 6.45) is -2.27. The number of thiazole rings is 1. The molecule has 0 radical (unpaired) electrons. The summed E-state index contributed by atoms with van der Waals surface area (Å²) in [4.78, 5) is 29.3. The van der Waals surface area contributed by atoms with Gasteiger partial charge in [0.15, 0.2) is 0 Å². The first-order chi connectivity index (χ1) is 17.2. The van der Waals surface area contributed by atoms with Crippen molar-refractivity contribution in [3.8, 4) is 0 Å². The van der Waals surface area contributed by atoms with Gasteiger partial charge in [0.2, 0.25) is 5.91 Å². The van der Waals surface area contributed by atoms with Crippen LogP contribution in [0.1, 0.15) is 39.7 Å². The molecule has 6 atom stereocenters. The average molecular weight is 527 g/mol. The lowest BCUT2D eigenvalue weighted by Gasteiger charge is -2.41. The molecule has 2 fully saturated rings. The van der Waals surface area contributed by atoms with E-state index < -0.39 is 29.7 Å². The SMILES string of the molecule is O=C(CNC(=O)c1cccc(C(F)(F)F)c1)N[C@H]1CNCC1C1CC(CO)C(O)C(c2nccs2)C1. The van der Waals surface area contributed by atoms with Gasteiger partial charge in [-0.15, -0.1) is 11.3 Å². The Kier molecular flexibility index (Phi) is 8.28. The lowest BCUT2D eigenvalue weighted by atomic mass is 9.68. The number of alkyl halides is 3. The quantitative estimate of drug-likeness (QED) is 0.375. The van der Waals surface area contributed by atoms with Crippen LogP contribution in [0.25, 0.3) is 0 Å². The molecule has 12 heteroatoms. The van der Waals surface area contributed by atoms with Crippen molar-refractivity contribution in [3.63, 3.8) is 0 Å². The number of hydrogen-bond donors (Lipinski definition) is 5. The highest BCUT2D eigenvalue weighted by molar-refractivity contribution is 7.09. The normalized spacial score (nSPS) is 28.6. The van der Waals surface area contributed by atoms with Gasteiger partial charge < -0.3 is 26.2 Å². The maximum atomic E-state index is 12.9. The zero-order valence-electron chi connectivity index (χ0n) is 19.4. The number of nitrogens with one attached hydrogen (secondary N) is 3. The number of carbonyl (C=O) groups is 2. The lowest BCUT2D eigenvalue weighted by Crippen LogP contribution is -2.48. The second-order valence-corrected chi connectivity index (χ2v) is 10.3. The summed E-state index contributed by atoms with van der Waals surface area (Å²) in [7, 11) is 0. The summed E-state index contributed by atoms with van der Waals surface area (Å²) in [6.45, 7) is 0.675. The van der Waals surface area contributed by atoms with Gasteiger partial charge in [0.1, 0.15) is 0 Å². The van der Waals surface area contributed by atoms with Crippen LogP contribution in [-0.4, -0.2) is 65.4 Å². The summed E-state index contributed by atoms with van der Waals surface area (Å²) in [6, 6.07) is 3.80. The van der Waals surface area contributed by atoms with Crippen LogP contribution in [0.2, 0.25) is 0 Å². The van der Waals surface area contributed by atoms with Crippen LogP contribution < -0.4 is 16.0 Å². The molecular weight excluding hydrogens is 497 g/mol.